The third kappa shape index (κ3) is 3.93. The zero-order valence-corrected chi connectivity index (χ0v) is 9.97. The van der Waals surface area contributed by atoms with Crippen LogP contribution in [0.5, 0.6) is 0 Å². The van der Waals surface area contributed by atoms with E-state index in [4.69, 9.17) is 0 Å². The second kappa shape index (κ2) is 4.56. The fourth-order valence-corrected chi connectivity index (χ4v) is 1.18. The van der Waals surface area contributed by atoms with Crippen molar-refractivity contribution in [2.75, 3.05) is 5.32 Å². The molecule has 0 aliphatic carbocycles. The first-order chi connectivity index (χ1) is 7.60. The van der Waals surface area contributed by atoms with E-state index in [1.165, 1.54) is 12.1 Å². The van der Waals surface area contributed by atoms with Crippen molar-refractivity contribution in [2.24, 2.45) is 0 Å². The van der Waals surface area contributed by atoms with Gasteiger partial charge in [-0.25, -0.2) is 0 Å². The van der Waals surface area contributed by atoms with E-state index in [1.807, 2.05) is 0 Å². The van der Waals surface area contributed by atoms with Gasteiger partial charge in [-0.3, -0.25) is 0 Å². The maximum absolute atomic E-state index is 12.3. The van der Waals surface area contributed by atoms with E-state index in [9.17, 15) is 18.3 Å². The average Bonchev–Trinajstić information content (AvgIpc) is 2.15. The Balaban J connectivity index is 2.76. The Morgan fingerprint density at radius 1 is 1.12 bits per heavy atom. The zero-order valence-electron chi connectivity index (χ0n) is 9.97. The van der Waals surface area contributed by atoms with Crippen molar-refractivity contribution in [3.8, 4) is 0 Å². The Labute approximate surface area is 98.5 Å². The van der Waals surface area contributed by atoms with Gasteiger partial charge in [0.15, 0.2) is 0 Å². The number of anilines is 1. The van der Waals surface area contributed by atoms with Gasteiger partial charge in [0, 0.05) is 5.69 Å². The number of halogens is 3. The lowest BCUT2D eigenvalue weighted by Gasteiger charge is -2.27. The smallest absolute Gasteiger partial charge is 0.388 e. The molecule has 2 N–H and O–H groups in total. The number of nitrogens with one attached hydrogen (secondary N) is 1. The third-order valence-corrected chi connectivity index (χ3v) is 2.66. The topological polar surface area (TPSA) is 32.3 Å². The van der Waals surface area contributed by atoms with Crippen LogP contribution >= 0.6 is 0 Å². The van der Waals surface area contributed by atoms with Crippen LogP contribution in [0.4, 0.5) is 18.9 Å². The second-order valence-corrected chi connectivity index (χ2v) is 4.59. The molecule has 0 fully saturated rings. The Morgan fingerprint density at radius 3 is 1.94 bits per heavy atom. The molecular weight excluding hydrogens is 231 g/mol. The molecule has 0 heterocycles. The van der Waals surface area contributed by atoms with Gasteiger partial charge in [-0.1, -0.05) is 0 Å². The van der Waals surface area contributed by atoms with E-state index in [1.54, 1.807) is 20.8 Å². The largest absolute Gasteiger partial charge is 0.416 e. The van der Waals surface area contributed by atoms with Gasteiger partial charge in [0.05, 0.1) is 17.2 Å². The molecule has 0 aliphatic rings. The molecule has 0 aliphatic heterocycles. The van der Waals surface area contributed by atoms with Crippen LogP contribution in [0.15, 0.2) is 24.3 Å². The highest BCUT2D eigenvalue weighted by molar-refractivity contribution is 5.46. The zero-order chi connectivity index (χ0) is 13.3. The molecule has 0 amide bonds. The molecule has 96 valence electrons. The molecule has 0 aromatic heterocycles. The molecule has 1 atom stereocenters. The second-order valence-electron chi connectivity index (χ2n) is 4.59. The quantitative estimate of drug-likeness (QED) is 0.859. The van der Waals surface area contributed by atoms with Gasteiger partial charge in [0.25, 0.3) is 0 Å². The van der Waals surface area contributed by atoms with Gasteiger partial charge in [-0.05, 0) is 45.0 Å². The van der Waals surface area contributed by atoms with Gasteiger partial charge < -0.3 is 10.4 Å². The van der Waals surface area contributed by atoms with Gasteiger partial charge >= 0.3 is 6.18 Å². The number of rotatable bonds is 3. The summed E-state index contributed by atoms with van der Waals surface area (Å²) in [7, 11) is 0. The molecule has 1 unspecified atom stereocenters. The highest BCUT2D eigenvalue weighted by atomic mass is 19.4. The Hall–Kier alpha value is -1.23. The molecule has 0 saturated carbocycles. The third-order valence-electron chi connectivity index (χ3n) is 2.66. The van der Waals surface area contributed by atoms with E-state index >= 15 is 0 Å². The minimum absolute atomic E-state index is 0.265. The summed E-state index contributed by atoms with van der Waals surface area (Å²) in [4.78, 5) is 0. The molecule has 17 heavy (non-hydrogen) atoms. The molecule has 2 nitrogen and oxygen atoms in total. The summed E-state index contributed by atoms with van der Waals surface area (Å²) in [5.74, 6) is 0. The summed E-state index contributed by atoms with van der Waals surface area (Å²) in [6.07, 6.45) is -4.32. The van der Waals surface area contributed by atoms with Crippen LogP contribution < -0.4 is 5.32 Å². The van der Waals surface area contributed by atoms with Gasteiger partial charge in [-0.15, -0.1) is 0 Å². The monoisotopic (exact) mass is 247 g/mol. The van der Waals surface area contributed by atoms with Crippen LogP contribution in [-0.4, -0.2) is 16.7 Å². The maximum Gasteiger partial charge on any atom is 0.416 e. The summed E-state index contributed by atoms with van der Waals surface area (Å²) >= 11 is 0. The van der Waals surface area contributed by atoms with Crippen LogP contribution in [0.2, 0.25) is 0 Å². The number of alkyl halides is 3. The average molecular weight is 247 g/mol. The number of benzene rings is 1. The standard InChI is InChI=1S/C12H16F3NO/c1-8(11(2,3)17)16-10-6-4-9(5-7-10)12(13,14)15/h4-8,16-17H,1-3H3. The van der Waals surface area contributed by atoms with Crippen molar-refractivity contribution in [1.29, 1.82) is 0 Å². The van der Waals surface area contributed by atoms with Crippen LogP contribution in [-0.2, 0) is 6.18 Å². The minimum atomic E-state index is -4.32. The molecule has 5 heteroatoms. The van der Waals surface area contributed by atoms with Crippen molar-refractivity contribution in [1.82, 2.24) is 0 Å². The SMILES string of the molecule is CC(Nc1ccc(C(F)(F)F)cc1)C(C)(C)O. The minimum Gasteiger partial charge on any atom is -0.388 e. The van der Waals surface area contributed by atoms with Crippen LogP contribution in [0.1, 0.15) is 26.3 Å². The van der Waals surface area contributed by atoms with Crippen LogP contribution in [0, 0.1) is 0 Å². The van der Waals surface area contributed by atoms with E-state index in [0.29, 0.717) is 5.69 Å². The molecule has 0 spiro atoms. The van der Waals surface area contributed by atoms with Crippen molar-refractivity contribution in [3.63, 3.8) is 0 Å². The molecule has 1 aromatic carbocycles. The van der Waals surface area contributed by atoms with Gasteiger partial charge in [-0.2, -0.15) is 13.2 Å². The van der Waals surface area contributed by atoms with E-state index in [0.717, 1.165) is 12.1 Å². The van der Waals surface area contributed by atoms with E-state index < -0.39 is 17.3 Å². The lowest BCUT2D eigenvalue weighted by Crippen LogP contribution is -2.39. The van der Waals surface area contributed by atoms with Gasteiger partial charge in [0.1, 0.15) is 0 Å². The summed E-state index contributed by atoms with van der Waals surface area (Å²) in [5.41, 5.74) is -1.07. The van der Waals surface area contributed by atoms with Crippen molar-refractivity contribution >= 4 is 5.69 Å². The predicted molar refractivity (Wildman–Crippen MR) is 60.8 cm³/mol. The summed E-state index contributed by atoms with van der Waals surface area (Å²) < 4.78 is 36.9. The summed E-state index contributed by atoms with van der Waals surface area (Å²) in [5, 5.41) is 12.6. The molecule has 1 aromatic rings. The first kappa shape index (κ1) is 13.8. The molecule has 0 radical (unpaired) electrons. The molecule has 1 rings (SSSR count). The molecule has 0 bridgehead atoms. The highest BCUT2D eigenvalue weighted by Gasteiger charge is 2.30. The number of hydrogen-bond acceptors (Lipinski definition) is 2. The van der Waals surface area contributed by atoms with Crippen molar-refractivity contribution < 1.29 is 18.3 Å². The summed E-state index contributed by atoms with van der Waals surface area (Å²) in [6.45, 7) is 5.03. The summed E-state index contributed by atoms with van der Waals surface area (Å²) in [6, 6.07) is 4.47. The molecule has 0 saturated heterocycles. The highest BCUT2D eigenvalue weighted by Crippen LogP contribution is 2.30. The van der Waals surface area contributed by atoms with E-state index in [2.05, 4.69) is 5.32 Å². The van der Waals surface area contributed by atoms with E-state index in [-0.39, 0.29) is 6.04 Å². The fraction of sp³-hybridized carbons (Fsp3) is 0.500. The lowest BCUT2D eigenvalue weighted by atomic mass is 10.0. The first-order valence-electron chi connectivity index (χ1n) is 5.27. The lowest BCUT2D eigenvalue weighted by molar-refractivity contribution is -0.137. The maximum atomic E-state index is 12.3. The Bertz CT molecular complexity index is 365. The Kier molecular flexibility index (Phi) is 3.71. The predicted octanol–water partition coefficient (Wildman–Crippen LogP) is 3.28. The number of aliphatic hydroxyl groups is 1. The van der Waals surface area contributed by atoms with Crippen LogP contribution in [0.3, 0.4) is 0 Å². The van der Waals surface area contributed by atoms with Crippen LogP contribution in [0.25, 0.3) is 0 Å². The Morgan fingerprint density at radius 2 is 1.59 bits per heavy atom. The number of hydrogen-bond donors (Lipinski definition) is 2. The van der Waals surface area contributed by atoms with Crippen molar-refractivity contribution in [2.45, 2.75) is 38.6 Å². The first-order valence-corrected chi connectivity index (χ1v) is 5.27. The molecular formula is C12H16F3NO. The van der Waals surface area contributed by atoms with Crippen molar-refractivity contribution in [3.05, 3.63) is 29.8 Å². The fourth-order valence-electron chi connectivity index (χ4n) is 1.18. The normalized spacial score (nSPS) is 14.5. The van der Waals surface area contributed by atoms with Gasteiger partial charge in [0.2, 0.25) is 0 Å².